The molecule has 4 heteroatoms. The van der Waals surface area contributed by atoms with Crippen LogP contribution in [0.3, 0.4) is 0 Å². The predicted octanol–water partition coefficient (Wildman–Crippen LogP) is 2.98. The Morgan fingerprint density at radius 3 is 2.47 bits per heavy atom. The SMILES string of the molecule is Cc1ccc(Cc2nnc(CCNC(C)C)s2)cc1. The maximum absolute atomic E-state index is 4.27. The fraction of sp³-hybridized carbons (Fsp3) is 0.467. The van der Waals surface area contributed by atoms with Crippen molar-refractivity contribution < 1.29 is 0 Å². The molecule has 2 aromatic rings. The van der Waals surface area contributed by atoms with E-state index in [1.165, 1.54) is 11.1 Å². The molecule has 0 radical (unpaired) electrons. The monoisotopic (exact) mass is 275 g/mol. The van der Waals surface area contributed by atoms with E-state index < -0.39 is 0 Å². The van der Waals surface area contributed by atoms with Crippen LogP contribution in [0.15, 0.2) is 24.3 Å². The Labute approximate surface area is 119 Å². The highest BCUT2D eigenvalue weighted by Gasteiger charge is 2.05. The Balaban J connectivity index is 1.88. The van der Waals surface area contributed by atoms with Gasteiger partial charge in [-0.25, -0.2) is 0 Å². The van der Waals surface area contributed by atoms with Gasteiger partial charge in [-0.15, -0.1) is 21.5 Å². The Hall–Kier alpha value is -1.26. The third-order valence-electron chi connectivity index (χ3n) is 2.88. The summed E-state index contributed by atoms with van der Waals surface area (Å²) in [5.41, 5.74) is 2.59. The molecular weight excluding hydrogens is 254 g/mol. The predicted molar refractivity (Wildman–Crippen MR) is 80.7 cm³/mol. The van der Waals surface area contributed by atoms with Gasteiger partial charge in [0.05, 0.1) is 0 Å². The molecule has 0 saturated heterocycles. The lowest BCUT2D eigenvalue weighted by molar-refractivity contribution is 0.588. The van der Waals surface area contributed by atoms with Crippen LogP contribution in [-0.2, 0) is 12.8 Å². The molecule has 1 aromatic carbocycles. The number of hydrogen-bond donors (Lipinski definition) is 1. The maximum Gasteiger partial charge on any atom is 0.121 e. The topological polar surface area (TPSA) is 37.8 Å². The van der Waals surface area contributed by atoms with Gasteiger partial charge < -0.3 is 5.32 Å². The highest BCUT2D eigenvalue weighted by atomic mass is 32.1. The van der Waals surface area contributed by atoms with Gasteiger partial charge >= 0.3 is 0 Å². The largest absolute Gasteiger partial charge is 0.314 e. The normalized spacial score (nSPS) is 11.2. The van der Waals surface area contributed by atoms with Gasteiger partial charge in [-0.1, -0.05) is 43.7 Å². The molecule has 0 saturated carbocycles. The molecule has 102 valence electrons. The van der Waals surface area contributed by atoms with E-state index in [1.807, 2.05) is 0 Å². The first kappa shape index (κ1) is 14.2. The quantitative estimate of drug-likeness (QED) is 0.880. The van der Waals surface area contributed by atoms with Crippen molar-refractivity contribution in [1.82, 2.24) is 15.5 Å². The van der Waals surface area contributed by atoms with E-state index in [4.69, 9.17) is 0 Å². The van der Waals surface area contributed by atoms with Crippen LogP contribution >= 0.6 is 11.3 Å². The second-order valence-electron chi connectivity index (χ2n) is 5.11. The molecule has 0 aliphatic carbocycles. The van der Waals surface area contributed by atoms with Crippen LogP contribution in [0.25, 0.3) is 0 Å². The van der Waals surface area contributed by atoms with Gasteiger partial charge in [-0.05, 0) is 12.5 Å². The van der Waals surface area contributed by atoms with Crippen molar-refractivity contribution >= 4 is 11.3 Å². The second kappa shape index (κ2) is 6.78. The lowest BCUT2D eigenvalue weighted by atomic mass is 10.1. The molecular formula is C15H21N3S. The summed E-state index contributed by atoms with van der Waals surface area (Å²) in [5, 5.41) is 14.1. The molecule has 3 nitrogen and oxygen atoms in total. The third-order valence-corrected chi connectivity index (χ3v) is 3.86. The standard InChI is InChI=1S/C15H21N3S/c1-11(2)16-9-8-14-17-18-15(19-14)10-13-6-4-12(3)5-7-13/h4-7,11,16H,8-10H2,1-3H3. The summed E-state index contributed by atoms with van der Waals surface area (Å²) in [6, 6.07) is 9.14. The van der Waals surface area contributed by atoms with Gasteiger partial charge in [0.15, 0.2) is 0 Å². The number of rotatable bonds is 6. The van der Waals surface area contributed by atoms with Gasteiger partial charge in [0, 0.05) is 25.4 Å². The summed E-state index contributed by atoms with van der Waals surface area (Å²) in [6.45, 7) is 7.39. The lowest BCUT2D eigenvalue weighted by Crippen LogP contribution is -2.24. The summed E-state index contributed by atoms with van der Waals surface area (Å²) in [5.74, 6) is 0. The molecule has 1 heterocycles. The fourth-order valence-corrected chi connectivity index (χ4v) is 2.69. The molecule has 19 heavy (non-hydrogen) atoms. The van der Waals surface area contributed by atoms with Gasteiger partial charge in [0.25, 0.3) is 0 Å². The van der Waals surface area contributed by atoms with Crippen LogP contribution in [0.5, 0.6) is 0 Å². The van der Waals surface area contributed by atoms with E-state index in [0.29, 0.717) is 6.04 Å². The number of aromatic nitrogens is 2. The molecule has 0 amide bonds. The molecule has 0 spiro atoms. The van der Waals surface area contributed by atoms with E-state index in [-0.39, 0.29) is 0 Å². The van der Waals surface area contributed by atoms with Gasteiger partial charge in [0.1, 0.15) is 10.0 Å². The zero-order valence-corrected chi connectivity index (χ0v) is 12.6. The number of aryl methyl sites for hydroxylation is 1. The van der Waals surface area contributed by atoms with Crippen molar-refractivity contribution in [2.24, 2.45) is 0 Å². The van der Waals surface area contributed by atoms with Crippen molar-refractivity contribution in [2.75, 3.05) is 6.54 Å². The number of hydrogen-bond acceptors (Lipinski definition) is 4. The average Bonchev–Trinajstić information content (AvgIpc) is 2.79. The van der Waals surface area contributed by atoms with Crippen LogP contribution in [-0.4, -0.2) is 22.8 Å². The van der Waals surface area contributed by atoms with E-state index in [9.17, 15) is 0 Å². The molecule has 2 rings (SSSR count). The summed E-state index contributed by atoms with van der Waals surface area (Å²) >= 11 is 1.72. The molecule has 0 unspecified atom stereocenters. The minimum absolute atomic E-state index is 0.528. The van der Waals surface area contributed by atoms with Crippen LogP contribution in [0, 0.1) is 6.92 Å². The van der Waals surface area contributed by atoms with Crippen LogP contribution in [0.4, 0.5) is 0 Å². The Morgan fingerprint density at radius 1 is 1.11 bits per heavy atom. The molecule has 1 N–H and O–H groups in total. The smallest absolute Gasteiger partial charge is 0.121 e. The zero-order valence-electron chi connectivity index (χ0n) is 11.8. The van der Waals surface area contributed by atoms with Crippen molar-refractivity contribution in [3.63, 3.8) is 0 Å². The van der Waals surface area contributed by atoms with Gasteiger partial charge in [-0.3, -0.25) is 0 Å². The van der Waals surface area contributed by atoms with E-state index >= 15 is 0 Å². The molecule has 0 atom stereocenters. The summed E-state index contributed by atoms with van der Waals surface area (Å²) in [6.07, 6.45) is 1.85. The minimum Gasteiger partial charge on any atom is -0.314 e. The maximum atomic E-state index is 4.27. The summed E-state index contributed by atoms with van der Waals surface area (Å²) < 4.78 is 0. The Morgan fingerprint density at radius 2 is 1.79 bits per heavy atom. The summed E-state index contributed by atoms with van der Waals surface area (Å²) in [4.78, 5) is 0. The van der Waals surface area contributed by atoms with Crippen LogP contribution in [0.2, 0.25) is 0 Å². The van der Waals surface area contributed by atoms with Crippen molar-refractivity contribution in [3.05, 3.63) is 45.4 Å². The average molecular weight is 275 g/mol. The molecule has 0 aliphatic rings. The molecule has 1 aromatic heterocycles. The molecule has 0 aliphatic heterocycles. The molecule has 0 fully saturated rings. The van der Waals surface area contributed by atoms with Crippen molar-refractivity contribution in [1.29, 1.82) is 0 Å². The highest BCUT2D eigenvalue weighted by molar-refractivity contribution is 7.11. The number of benzene rings is 1. The zero-order chi connectivity index (χ0) is 13.7. The Bertz CT molecular complexity index is 502. The number of nitrogens with one attached hydrogen (secondary N) is 1. The van der Waals surface area contributed by atoms with E-state index in [1.54, 1.807) is 11.3 Å². The second-order valence-corrected chi connectivity index (χ2v) is 6.26. The first-order chi connectivity index (χ1) is 9.13. The third kappa shape index (κ3) is 4.73. The minimum atomic E-state index is 0.528. The fourth-order valence-electron chi connectivity index (χ4n) is 1.81. The van der Waals surface area contributed by atoms with Crippen LogP contribution in [0.1, 0.15) is 35.0 Å². The van der Waals surface area contributed by atoms with E-state index in [0.717, 1.165) is 29.4 Å². The van der Waals surface area contributed by atoms with Crippen LogP contribution < -0.4 is 5.32 Å². The molecule has 0 bridgehead atoms. The summed E-state index contributed by atoms with van der Waals surface area (Å²) in [7, 11) is 0. The first-order valence-electron chi connectivity index (χ1n) is 6.73. The highest BCUT2D eigenvalue weighted by Crippen LogP contribution is 2.15. The first-order valence-corrected chi connectivity index (χ1v) is 7.55. The lowest BCUT2D eigenvalue weighted by Gasteiger charge is -2.05. The van der Waals surface area contributed by atoms with Gasteiger partial charge in [-0.2, -0.15) is 0 Å². The van der Waals surface area contributed by atoms with Crippen molar-refractivity contribution in [2.45, 2.75) is 39.7 Å². The Kier molecular flexibility index (Phi) is 5.05. The number of nitrogens with zero attached hydrogens (tertiary/aromatic N) is 2. The van der Waals surface area contributed by atoms with Gasteiger partial charge in [0.2, 0.25) is 0 Å². The van der Waals surface area contributed by atoms with Crippen molar-refractivity contribution in [3.8, 4) is 0 Å². The van der Waals surface area contributed by atoms with E-state index in [2.05, 4.69) is 60.6 Å².